The number of thioether (sulfide) groups is 1. The molecule has 0 aliphatic heterocycles. The molecular formula is C15H21N3OS. The summed E-state index contributed by atoms with van der Waals surface area (Å²) in [7, 11) is 0. The summed E-state index contributed by atoms with van der Waals surface area (Å²) in [6.45, 7) is 5.02. The van der Waals surface area contributed by atoms with Crippen LogP contribution in [0.25, 0.3) is 0 Å². The molecule has 1 heterocycles. The van der Waals surface area contributed by atoms with Crippen molar-refractivity contribution in [3.05, 3.63) is 41.2 Å². The highest BCUT2D eigenvalue weighted by Gasteiger charge is 2.10. The Kier molecular flexibility index (Phi) is 5.61. The summed E-state index contributed by atoms with van der Waals surface area (Å²) in [6.07, 6.45) is 2.02. The van der Waals surface area contributed by atoms with Crippen LogP contribution in [0.5, 0.6) is 0 Å². The average Bonchev–Trinajstić information content (AvgIpc) is 2.84. The van der Waals surface area contributed by atoms with E-state index in [1.165, 1.54) is 11.1 Å². The van der Waals surface area contributed by atoms with Crippen molar-refractivity contribution in [1.82, 2.24) is 14.8 Å². The van der Waals surface area contributed by atoms with E-state index in [1.54, 1.807) is 11.8 Å². The van der Waals surface area contributed by atoms with Crippen molar-refractivity contribution in [2.45, 2.75) is 45.0 Å². The summed E-state index contributed by atoms with van der Waals surface area (Å²) in [5, 5.41) is 18.4. The lowest BCUT2D eigenvalue weighted by Crippen LogP contribution is -2.05. The Labute approximate surface area is 124 Å². The van der Waals surface area contributed by atoms with Gasteiger partial charge in [-0.1, -0.05) is 48.5 Å². The third kappa shape index (κ3) is 3.84. The second-order valence-corrected chi connectivity index (χ2v) is 5.85. The van der Waals surface area contributed by atoms with Crippen LogP contribution in [-0.4, -0.2) is 25.6 Å². The van der Waals surface area contributed by atoms with Gasteiger partial charge < -0.3 is 9.67 Å². The fourth-order valence-electron chi connectivity index (χ4n) is 2.01. The van der Waals surface area contributed by atoms with Gasteiger partial charge in [0.1, 0.15) is 6.61 Å². The number of nitrogens with zero attached hydrogens (tertiary/aromatic N) is 3. The topological polar surface area (TPSA) is 50.9 Å². The molecule has 5 heteroatoms. The lowest BCUT2D eigenvalue weighted by molar-refractivity contribution is 0.263. The van der Waals surface area contributed by atoms with Crippen molar-refractivity contribution in [2.24, 2.45) is 0 Å². The monoisotopic (exact) mass is 291 g/mol. The Balaban J connectivity index is 1.93. The zero-order chi connectivity index (χ0) is 14.4. The molecule has 1 aromatic heterocycles. The van der Waals surface area contributed by atoms with Crippen LogP contribution < -0.4 is 0 Å². The molecule has 0 bridgehead atoms. The molecule has 0 saturated carbocycles. The first-order valence-electron chi connectivity index (χ1n) is 6.96. The van der Waals surface area contributed by atoms with E-state index in [4.69, 9.17) is 0 Å². The molecule has 0 amide bonds. The minimum Gasteiger partial charge on any atom is -0.388 e. The van der Waals surface area contributed by atoms with Gasteiger partial charge in [0, 0.05) is 12.3 Å². The van der Waals surface area contributed by atoms with E-state index in [9.17, 15) is 5.11 Å². The smallest absolute Gasteiger partial charge is 0.191 e. The minimum atomic E-state index is -0.0501. The van der Waals surface area contributed by atoms with Crippen LogP contribution in [0.1, 0.15) is 30.3 Å². The van der Waals surface area contributed by atoms with E-state index < -0.39 is 0 Å². The maximum Gasteiger partial charge on any atom is 0.191 e. The minimum absolute atomic E-state index is 0.0501. The summed E-state index contributed by atoms with van der Waals surface area (Å²) in [6, 6.07) is 8.63. The molecule has 0 aliphatic carbocycles. The molecule has 0 saturated heterocycles. The first-order valence-corrected chi connectivity index (χ1v) is 7.94. The van der Waals surface area contributed by atoms with E-state index in [1.807, 2.05) is 4.57 Å². The molecule has 20 heavy (non-hydrogen) atoms. The van der Waals surface area contributed by atoms with E-state index in [2.05, 4.69) is 48.3 Å². The fraction of sp³-hybridized carbons (Fsp3) is 0.467. The quantitative estimate of drug-likeness (QED) is 0.797. The van der Waals surface area contributed by atoms with Crippen LogP contribution in [0.4, 0.5) is 0 Å². The fourth-order valence-corrected chi connectivity index (χ4v) is 2.98. The van der Waals surface area contributed by atoms with Crippen LogP contribution in [0.2, 0.25) is 0 Å². The van der Waals surface area contributed by atoms with Crippen molar-refractivity contribution < 1.29 is 5.11 Å². The number of hydrogen-bond acceptors (Lipinski definition) is 4. The number of aliphatic hydroxyl groups excluding tert-OH is 1. The number of rotatable bonds is 7. The number of aryl methyl sites for hydroxylation is 2. The van der Waals surface area contributed by atoms with Crippen LogP contribution in [0.3, 0.4) is 0 Å². The number of aliphatic hydroxyl groups is 1. The van der Waals surface area contributed by atoms with Crippen LogP contribution in [0.15, 0.2) is 29.4 Å². The van der Waals surface area contributed by atoms with E-state index >= 15 is 0 Å². The predicted molar refractivity (Wildman–Crippen MR) is 81.8 cm³/mol. The summed E-state index contributed by atoms with van der Waals surface area (Å²) < 4.78 is 2.01. The molecule has 2 rings (SSSR count). The van der Waals surface area contributed by atoms with Gasteiger partial charge in [-0.2, -0.15) is 0 Å². The molecule has 1 N–H and O–H groups in total. The Morgan fingerprint density at radius 2 is 1.95 bits per heavy atom. The molecule has 4 nitrogen and oxygen atoms in total. The van der Waals surface area contributed by atoms with Gasteiger partial charge in [-0.15, -0.1) is 10.2 Å². The van der Waals surface area contributed by atoms with Crippen molar-refractivity contribution in [2.75, 3.05) is 5.75 Å². The summed E-state index contributed by atoms with van der Waals surface area (Å²) in [5.41, 5.74) is 2.63. The van der Waals surface area contributed by atoms with E-state index in [-0.39, 0.29) is 6.61 Å². The Morgan fingerprint density at radius 3 is 2.60 bits per heavy atom. The lowest BCUT2D eigenvalue weighted by atomic mass is 10.1. The molecule has 0 fully saturated rings. The molecule has 108 valence electrons. The standard InChI is InChI=1S/C15H21N3OS/c1-3-9-18-14(11-19)16-17-15(18)20-10-8-13-6-4-12(2)5-7-13/h4-7,19H,3,8-11H2,1-2H3. The molecule has 0 radical (unpaired) electrons. The molecular weight excluding hydrogens is 270 g/mol. The van der Waals surface area contributed by atoms with Crippen molar-refractivity contribution in [3.8, 4) is 0 Å². The first kappa shape index (κ1) is 15.1. The van der Waals surface area contributed by atoms with Crippen molar-refractivity contribution in [3.63, 3.8) is 0 Å². The second kappa shape index (κ2) is 7.45. The highest BCUT2D eigenvalue weighted by molar-refractivity contribution is 7.99. The summed E-state index contributed by atoms with van der Waals surface area (Å²) in [5.74, 6) is 1.63. The average molecular weight is 291 g/mol. The predicted octanol–water partition coefficient (Wildman–Crippen LogP) is 2.82. The highest BCUT2D eigenvalue weighted by Crippen LogP contribution is 2.19. The van der Waals surface area contributed by atoms with Gasteiger partial charge >= 0.3 is 0 Å². The first-order chi connectivity index (χ1) is 9.74. The van der Waals surface area contributed by atoms with Crippen LogP contribution >= 0.6 is 11.8 Å². The summed E-state index contributed by atoms with van der Waals surface area (Å²) in [4.78, 5) is 0. The second-order valence-electron chi connectivity index (χ2n) is 4.79. The van der Waals surface area contributed by atoms with Crippen LogP contribution in [-0.2, 0) is 19.6 Å². The maximum absolute atomic E-state index is 9.26. The lowest BCUT2D eigenvalue weighted by Gasteiger charge is -2.07. The molecule has 1 aromatic carbocycles. The molecule has 0 atom stereocenters. The maximum atomic E-state index is 9.26. The Bertz CT molecular complexity index is 537. The molecule has 0 aliphatic rings. The van der Waals surface area contributed by atoms with Crippen molar-refractivity contribution in [1.29, 1.82) is 0 Å². The SMILES string of the molecule is CCCn1c(CO)nnc1SCCc1ccc(C)cc1. The Hall–Kier alpha value is -1.33. The number of hydrogen-bond donors (Lipinski definition) is 1. The van der Waals surface area contributed by atoms with Gasteiger partial charge in [0.25, 0.3) is 0 Å². The molecule has 0 spiro atoms. The van der Waals surface area contributed by atoms with E-state index in [0.29, 0.717) is 5.82 Å². The summed E-state index contributed by atoms with van der Waals surface area (Å²) >= 11 is 1.70. The van der Waals surface area contributed by atoms with Gasteiger partial charge in [0.05, 0.1) is 0 Å². The Morgan fingerprint density at radius 1 is 1.20 bits per heavy atom. The normalized spacial score (nSPS) is 10.9. The molecule has 2 aromatic rings. The number of benzene rings is 1. The van der Waals surface area contributed by atoms with E-state index in [0.717, 1.165) is 30.3 Å². The third-order valence-electron chi connectivity index (χ3n) is 3.12. The van der Waals surface area contributed by atoms with Gasteiger partial charge in [0.15, 0.2) is 11.0 Å². The van der Waals surface area contributed by atoms with Gasteiger partial charge in [-0.3, -0.25) is 0 Å². The largest absolute Gasteiger partial charge is 0.388 e. The third-order valence-corrected chi connectivity index (χ3v) is 4.09. The van der Waals surface area contributed by atoms with Gasteiger partial charge in [-0.25, -0.2) is 0 Å². The van der Waals surface area contributed by atoms with Gasteiger partial charge in [0.2, 0.25) is 0 Å². The molecule has 0 unspecified atom stereocenters. The number of aromatic nitrogens is 3. The van der Waals surface area contributed by atoms with Crippen LogP contribution in [0, 0.1) is 6.92 Å². The van der Waals surface area contributed by atoms with Gasteiger partial charge in [-0.05, 0) is 25.3 Å². The van der Waals surface area contributed by atoms with Crippen molar-refractivity contribution >= 4 is 11.8 Å². The highest BCUT2D eigenvalue weighted by atomic mass is 32.2. The zero-order valence-electron chi connectivity index (χ0n) is 12.0. The zero-order valence-corrected chi connectivity index (χ0v) is 12.9.